The summed E-state index contributed by atoms with van der Waals surface area (Å²) in [6, 6.07) is 7.26. The van der Waals surface area contributed by atoms with Crippen molar-refractivity contribution >= 4 is 29.0 Å². The van der Waals surface area contributed by atoms with Crippen LogP contribution in [0.1, 0.15) is 79.4 Å². The second-order valence-corrected chi connectivity index (χ2v) is 7.71. The molecule has 0 radical (unpaired) electrons. The molecule has 3 heteroatoms. The summed E-state index contributed by atoms with van der Waals surface area (Å²) >= 11 is 12.9. The second-order valence-electron chi connectivity index (χ2n) is 6.90. The molecule has 2 aromatic rings. The summed E-state index contributed by atoms with van der Waals surface area (Å²) in [4.78, 5) is 13.0. The number of benzene rings is 2. The third kappa shape index (κ3) is 4.28. The van der Waals surface area contributed by atoms with Gasteiger partial charge in [-0.1, -0.05) is 73.6 Å². The lowest BCUT2D eigenvalue weighted by atomic mass is 10.0. The summed E-state index contributed by atoms with van der Waals surface area (Å²) in [5.41, 5.74) is 4.29. The molecular weight excluding hydrogens is 387 g/mol. The summed E-state index contributed by atoms with van der Waals surface area (Å²) in [6.07, 6.45) is 5.97. The summed E-state index contributed by atoms with van der Waals surface area (Å²) in [7, 11) is 0. The van der Waals surface area contributed by atoms with E-state index in [1.165, 1.54) is 0 Å². The molecule has 0 atom stereocenters. The first-order chi connectivity index (χ1) is 13.6. The third-order valence-corrected chi connectivity index (χ3v) is 5.38. The fraction of sp³-hybridized carbons (Fsp3) is 0.320. The van der Waals surface area contributed by atoms with Crippen LogP contribution >= 0.6 is 23.2 Å². The van der Waals surface area contributed by atoms with E-state index < -0.39 is 0 Å². The van der Waals surface area contributed by atoms with E-state index in [4.69, 9.17) is 23.2 Å². The monoisotopic (exact) mass is 408 g/mol. The molecule has 0 spiro atoms. The highest BCUT2D eigenvalue weighted by atomic mass is 35.5. The average molecular weight is 409 g/mol. The maximum Gasteiger partial charge on any atom is 0.194 e. The van der Waals surface area contributed by atoms with Gasteiger partial charge in [0.2, 0.25) is 0 Å². The Bertz CT molecular complexity index is 959. The van der Waals surface area contributed by atoms with Crippen LogP contribution < -0.4 is 0 Å². The number of halogens is 2. The Morgan fingerprint density at radius 1 is 0.714 bits per heavy atom. The van der Waals surface area contributed by atoms with Gasteiger partial charge in [0, 0.05) is 35.1 Å². The molecule has 0 fully saturated rings. The number of carbonyl (C=O) groups is 1. The van der Waals surface area contributed by atoms with E-state index in [-0.39, 0.29) is 5.78 Å². The normalized spacial score (nSPS) is 11.2. The minimum atomic E-state index is -0.0217. The minimum absolute atomic E-state index is 0.0217. The molecule has 0 unspecified atom stereocenters. The van der Waals surface area contributed by atoms with Crippen LogP contribution in [-0.4, -0.2) is 5.78 Å². The van der Waals surface area contributed by atoms with Crippen molar-refractivity contribution in [1.29, 1.82) is 0 Å². The highest BCUT2D eigenvalue weighted by molar-refractivity contribution is 6.34. The molecule has 3 rings (SSSR count). The Morgan fingerprint density at radius 2 is 1.14 bits per heavy atom. The lowest BCUT2D eigenvalue weighted by Gasteiger charge is -2.04. The molecule has 0 saturated carbocycles. The number of carbonyl (C=O) groups excluding carboxylic acids is 1. The molecule has 0 aromatic heterocycles. The van der Waals surface area contributed by atoms with Crippen molar-refractivity contribution in [2.45, 2.75) is 52.4 Å². The molecule has 0 heterocycles. The Balaban J connectivity index is 1.97. The van der Waals surface area contributed by atoms with Gasteiger partial charge in [0.15, 0.2) is 5.78 Å². The molecule has 1 nitrogen and oxygen atoms in total. The van der Waals surface area contributed by atoms with Crippen LogP contribution in [0.15, 0.2) is 24.3 Å². The van der Waals surface area contributed by atoms with Gasteiger partial charge in [-0.3, -0.25) is 4.79 Å². The SMILES string of the molecule is CCCCC#Cc1cc2c(cc1Cl)-c1cc(Cl)c(C#CCCCC)cc1C2=O. The fourth-order valence-electron chi connectivity index (χ4n) is 3.15. The average Bonchev–Trinajstić information content (AvgIpc) is 2.93. The highest BCUT2D eigenvalue weighted by Gasteiger charge is 2.29. The minimum Gasteiger partial charge on any atom is -0.289 e. The molecule has 0 amide bonds. The van der Waals surface area contributed by atoms with Crippen LogP contribution in [0.4, 0.5) is 0 Å². The van der Waals surface area contributed by atoms with E-state index in [1.54, 1.807) is 12.1 Å². The van der Waals surface area contributed by atoms with Crippen molar-refractivity contribution < 1.29 is 4.79 Å². The largest absolute Gasteiger partial charge is 0.289 e. The zero-order valence-electron chi connectivity index (χ0n) is 16.2. The van der Waals surface area contributed by atoms with Crippen LogP contribution in [0.5, 0.6) is 0 Å². The first-order valence-corrected chi connectivity index (χ1v) is 10.5. The number of fused-ring (bicyclic) bond motifs is 3. The van der Waals surface area contributed by atoms with Gasteiger partial charge in [0.25, 0.3) is 0 Å². The highest BCUT2D eigenvalue weighted by Crippen LogP contribution is 2.41. The molecule has 0 saturated heterocycles. The third-order valence-electron chi connectivity index (χ3n) is 4.75. The van der Waals surface area contributed by atoms with Gasteiger partial charge >= 0.3 is 0 Å². The zero-order valence-corrected chi connectivity index (χ0v) is 17.7. The van der Waals surface area contributed by atoms with E-state index in [2.05, 4.69) is 37.5 Å². The van der Waals surface area contributed by atoms with E-state index in [0.717, 1.165) is 49.7 Å². The number of rotatable bonds is 4. The number of unbranched alkanes of at least 4 members (excludes halogenated alkanes) is 4. The van der Waals surface area contributed by atoms with E-state index in [9.17, 15) is 4.79 Å². The quantitative estimate of drug-likeness (QED) is 0.327. The van der Waals surface area contributed by atoms with Crippen molar-refractivity contribution in [1.82, 2.24) is 0 Å². The fourth-order valence-corrected chi connectivity index (χ4v) is 3.57. The first-order valence-electron chi connectivity index (χ1n) is 9.76. The van der Waals surface area contributed by atoms with Gasteiger partial charge in [-0.05, 0) is 48.2 Å². The van der Waals surface area contributed by atoms with Gasteiger partial charge in [-0.25, -0.2) is 0 Å². The summed E-state index contributed by atoms with van der Waals surface area (Å²) in [5.74, 6) is 12.5. The first kappa shape index (κ1) is 20.5. The van der Waals surface area contributed by atoms with Crippen molar-refractivity contribution in [2.24, 2.45) is 0 Å². The zero-order chi connectivity index (χ0) is 20.1. The Kier molecular flexibility index (Phi) is 6.85. The molecule has 0 bridgehead atoms. The molecule has 1 aliphatic rings. The molecule has 0 N–H and O–H groups in total. The van der Waals surface area contributed by atoms with Crippen molar-refractivity contribution in [3.8, 4) is 34.8 Å². The van der Waals surface area contributed by atoms with Crippen LogP contribution in [0.2, 0.25) is 10.0 Å². The lowest BCUT2D eigenvalue weighted by Crippen LogP contribution is -1.97. The number of ketones is 1. The Morgan fingerprint density at radius 3 is 1.54 bits per heavy atom. The topological polar surface area (TPSA) is 17.1 Å². The molecule has 0 aliphatic heterocycles. The predicted molar refractivity (Wildman–Crippen MR) is 118 cm³/mol. The lowest BCUT2D eigenvalue weighted by molar-refractivity contribution is 0.104. The molecule has 142 valence electrons. The number of hydrogen-bond donors (Lipinski definition) is 0. The van der Waals surface area contributed by atoms with E-state index >= 15 is 0 Å². The Hall–Kier alpha value is -2.19. The van der Waals surface area contributed by atoms with Crippen molar-refractivity contribution in [3.63, 3.8) is 0 Å². The van der Waals surface area contributed by atoms with Gasteiger partial charge in [0.1, 0.15) is 0 Å². The maximum atomic E-state index is 13.0. The summed E-state index contributed by atoms with van der Waals surface area (Å²) in [5, 5.41) is 1.12. The smallest absolute Gasteiger partial charge is 0.194 e. The maximum absolute atomic E-state index is 13.0. The molecule has 28 heavy (non-hydrogen) atoms. The second kappa shape index (κ2) is 9.34. The number of hydrogen-bond acceptors (Lipinski definition) is 1. The summed E-state index contributed by atoms with van der Waals surface area (Å²) < 4.78 is 0. The van der Waals surface area contributed by atoms with Gasteiger partial charge in [0.05, 0.1) is 10.0 Å². The Labute approximate surface area is 177 Å². The van der Waals surface area contributed by atoms with Gasteiger partial charge < -0.3 is 0 Å². The van der Waals surface area contributed by atoms with E-state index in [0.29, 0.717) is 32.3 Å². The summed E-state index contributed by atoms with van der Waals surface area (Å²) in [6.45, 7) is 4.26. The van der Waals surface area contributed by atoms with Gasteiger partial charge in [-0.15, -0.1) is 0 Å². The molecule has 2 aromatic carbocycles. The van der Waals surface area contributed by atoms with Crippen LogP contribution in [-0.2, 0) is 0 Å². The van der Waals surface area contributed by atoms with E-state index in [1.807, 2.05) is 12.1 Å². The molecule has 1 aliphatic carbocycles. The van der Waals surface area contributed by atoms with Gasteiger partial charge in [-0.2, -0.15) is 0 Å². The molecular formula is C25H22Cl2O. The predicted octanol–water partition coefficient (Wildman–Crippen LogP) is 7.29. The van der Waals surface area contributed by atoms with Crippen molar-refractivity contribution in [2.75, 3.05) is 0 Å². The van der Waals surface area contributed by atoms with Crippen LogP contribution in [0, 0.1) is 23.7 Å². The van der Waals surface area contributed by atoms with Crippen LogP contribution in [0.25, 0.3) is 11.1 Å². The van der Waals surface area contributed by atoms with Crippen molar-refractivity contribution in [3.05, 3.63) is 56.6 Å². The van der Waals surface area contributed by atoms with Crippen LogP contribution in [0.3, 0.4) is 0 Å². The standard InChI is InChI=1S/C25H22Cl2O/c1-3-5-7-9-11-17-13-21-19(15-23(17)26)20-16-24(27)18(12-10-8-6-4-2)14-22(20)25(21)28/h13-16H,3-8H2,1-2H3.